The SMILES string of the molecule is CCNC(=O)N1CCC([C@H](NC(=O)c2ccccc2Cl)C(=O)N[C@H](C)CC)CC1. The van der Waals surface area contributed by atoms with Crippen LogP contribution >= 0.6 is 11.6 Å². The molecule has 0 spiro atoms. The number of amides is 4. The van der Waals surface area contributed by atoms with Crippen molar-refractivity contribution in [2.45, 2.75) is 52.1 Å². The van der Waals surface area contributed by atoms with E-state index in [0.29, 0.717) is 43.1 Å². The molecule has 1 aliphatic rings. The molecule has 0 bridgehead atoms. The van der Waals surface area contributed by atoms with Crippen LogP contribution < -0.4 is 16.0 Å². The Kier molecular flexibility index (Phi) is 8.76. The van der Waals surface area contributed by atoms with E-state index in [1.54, 1.807) is 29.2 Å². The number of carbonyl (C=O) groups excluding carboxylic acids is 3. The van der Waals surface area contributed by atoms with Crippen LogP contribution in [0.5, 0.6) is 0 Å². The van der Waals surface area contributed by atoms with Crippen molar-refractivity contribution < 1.29 is 14.4 Å². The molecule has 0 aliphatic carbocycles. The van der Waals surface area contributed by atoms with Crippen LogP contribution in [0.4, 0.5) is 4.79 Å². The van der Waals surface area contributed by atoms with Crippen molar-refractivity contribution in [3.63, 3.8) is 0 Å². The molecule has 2 rings (SSSR count). The van der Waals surface area contributed by atoms with Crippen LogP contribution in [-0.4, -0.2) is 54.5 Å². The smallest absolute Gasteiger partial charge is 0.317 e. The van der Waals surface area contributed by atoms with Crippen molar-refractivity contribution in [3.05, 3.63) is 34.9 Å². The zero-order valence-electron chi connectivity index (χ0n) is 17.3. The largest absolute Gasteiger partial charge is 0.352 e. The minimum absolute atomic E-state index is 0.0117. The molecule has 7 nitrogen and oxygen atoms in total. The molecule has 1 aliphatic heterocycles. The topological polar surface area (TPSA) is 90.5 Å². The number of hydrogen-bond acceptors (Lipinski definition) is 3. The third-order valence-corrected chi connectivity index (χ3v) is 5.64. The summed E-state index contributed by atoms with van der Waals surface area (Å²) in [6, 6.07) is 6.02. The van der Waals surface area contributed by atoms with Crippen LogP contribution in [0.25, 0.3) is 0 Å². The van der Waals surface area contributed by atoms with Gasteiger partial charge in [0.2, 0.25) is 5.91 Å². The maximum absolute atomic E-state index is 12.9. The molecule has 1 saturated heterocycles. The average Bonchev–Trinajstić information content (AvgIpc) is 2.72. The second kappa shape index (κ2) is 11.0. The fraction of sp³-hybridized carbons (Fsp3) is 0.571. The van der Waals surface area contributed by atoms with E-state index in [9.17, 15) is 14.4 Å². The Hall–Kier alpha value is -2.28. The minimum atomic E-state index is -0.677. The Morgan fingerprint density at radius 3 is 2.38 bits per heavy atom. The number of nitrogens with one attached hydrogen (secondary N) is 3. The van der Waals surface area contributed by atoms with Crippen LogP contribution in [-0.2, 0) is 4.79 Å². The second-order valence-electron chi connectivity index (χ2n) is 7.41. The summed E-state index contributed by atoms with van der Waals surface area (Å²) in [5.41, 5.74) is 0.343. The molecule has 0 saturated carbocycles. The molecule has 1 aromatic carbocycles. The molecule has 29 heavy (non-hydrogen) atoms. The highest BCUT2D eigenvalue weighted by molar-refractivity contribution is 6.33. The number of halogens is 1. The van der Waals surface area contributed by atoms with E-state index in [-0.39, 0.29) is 29.8 Å². The van der Waals surface area contributed by atoms with Gasteiger partial charge in [-0.2, -0.15) is 0 Å². The third-order valence-electron chi connectivity index (χ3n) is 5.31. The van der Waals surface area contributed by atoms with Gasteiger partial charge >= 0.3 is 6.03 Å². The lowest BCUT2D eigenvalue weighted by atomic mass is 9.88. The van der Waals surface area contributed by atoms with Crippen LogP contribution in [0.2, 0.25) is 5.02 Å². The van der Waals surface area contributed by atoms with Gasteiger partial charge in [-0.25, -0.2) is 4.79 Å². The van der Waals surface area contributed by atoms with Crippen molar-refractivity contribution in [2.24, 2.45) is 5.92 Å². The molecule has 4 amide bonds. The van der Waals surface area contributed by atoms with Crippen LogP contribution in [0.1, 0.15) is 50.4 Å². The molecular weight excluding hydrogens is 392 g/mol. The zero-order valence-corrected chi connectivity index (χ0v) is 18.1. The highest BCUT2D eigenvalue weighted by atomic mass is 35.5. The lowest BCUT2D eigenvalue weighted by Gasteiger charge is -2.36. The molecule has 0 unspecified atom stereocenters. The van der Waals surface area contributed by atoms with Gasteiger partial charge in [0.25, 0.3) is 5.91 Å². The summed E-state index contributed by atoms with van der Waals surface area (Å²) in [5, 5.41) is 9.00. The van der Waals surface area contributed by atoms with E-state index in [1.807, 2.05) is 20.8 Å². The quantitative estimate of drug-likeness (QED) is 0.631. The van der Waals surface area contributed by atoms with E-state index in [0.717, 1.165) is 6.42 Å². The number of piperidine rings is 1. The first-order chi connectivity index (χ1) is 13.9. The fourth-order valence-corrected chi connectivity index (χ4v) is 3.62. The molecule has 2 atom stereocenters. The summed E-state index contributed by atoms with van der Waals surface area (Å²) in [6.45, 7) is 7.48. The predicted octanol–water partition coefficient (Wildman–Crippen LogP) is 2.79. The fourth-order valence-electron chi connectivity index (χ4n) is 3.40. The first-order valence-corrected chi connectivity index (χ1v) is 10.6. The van der Waals surface area contributed by atoms with E-state index in [2.05, 4.69) is 16.0 Å². The van der Waals surface area contributed by atoms with Crippen molar-refractivity contribution in [1.29, 1.82) is 0 Å². The Morgan fingerprint density at radius 1 is 1.14 bits per heavy atom. The second-order valence-corrected chi connectivity index (χ2v) is 7.82. The van der Waals surface area contributed by atoms with Gasteiger partial charge < -0.3 is 20.9 Å². The van der Waals surface area contributed by atoms with Gasteiger partial charge in [0.15, 0.2) is 0 Å². The van der Waals surface area contributed by atoms with Gasteiger partial charge in [0.1, 0.15) is 6.04 Å². The number of nitrogens with zero attached hydrogens (tertiary/aromatic N) is 1. The van der Waals surface area contributed by atoms with Crippen molar-refractivity contribution in [3.8, 4) is 0 Å². The molecular formula is C21H31ClN4O3. The maximum atomic E-state index is 12.9. The Morgan fingerprint density at radius 2 is 1.79 bits per heavy atom. The summed E-state index contributed by atoms with van der Waals surface area (Å²) in [6.07, 6.45) is 2.07. The van der Waals surface area contributed by atoms with Gasteiger partial charge in [0, 0.05) is 25.7 Å². The number of urea groups is 1. The summed E-state index contributed by atoms with van der Waals surface area (Å²) < 4.78 is 0. The first-order valence-electron chi connectivity index (χ1n) is 10.3. The lowest BCUT2D eigenvalue weighted by Crippen LogP contribution is -2.55. The number of rotatable bonds is 7. The summed E-state index contributed by atoms with van der Waals surface area (Å²) in [7, 11) is 0. The Balaban J connectivity index is 2.11. The van der Waals surface area contributed by atoms with Crippen molar-refractivity contribution >= 4 is 29.4 Å². The van der Waals surface area contributed by atoms with E-state index >= 15 is 0 Å². The van der Waals surface area contributed by atoms with Crippen molar-refractivity contribution in [1.82, 2.24) is 20.9 Å². The standard InChI is InChI=1S/C21H31ClN4O3/c1-4-14(3)24-20(28)18(25-19(27)16-8-6-7-9-17(16)22)15-10-12-26(13-11-15)21(29)23-5-2/h6-9,14-15,18H,4-5,10-13H2,1-3H3,(H,23,29)(H,24,28)(H,25,27)/t14-,18+/m1/s1. The Bertz CT molecular complexity index is 720. The van der Waals surface area contributed by atoms with Crippen LogP contribution in [0.3, 0.4) is 0 Å². The van der Waals surface area contributed by atoms with Crippen LogP contribution in [0.15, 0.2) is 24.3 Å². The lowest BCUT2D eigenvalue weighted by molar-refractivity contribution is -0.125. The highest BCUT2D eigenvalue weighted by Crippen LogP contribution is 2.23. The number of likely N-dealkylation sites (tertiary alicyclic amines) is 1. The normalized spacial score (nSPS) is 16.6. The summed E-state index contributed by atoms with van der Waals surface area (Å²) >= 11 is 6.15. The molecule has 0 aromatic heterocycles. The Labute approximate surface area is 177 Å². The summed E-state index contributed by atoms with van der Waals surface area (Å²) in [5.74, 6) is -0.626. The summed E-state index contributed by atoms with van der Waals surface area (Å²) in [4.78, 5) is 39.5. The first kappa shape index (κ1) is 23.0. The zero-order chi connectivity index (χ0) is 21.4. The van der Waals surface area contributed by atoms with Gasteiger partial charge in [-0.05, 0) is 51.2 Å². The third kappa shape index (κ3) is 6.35. The van der Waals surface area contributed by atoms with E-state index in [1.165, 1.54) is 0 Å². The number of hydrogen-bond donors (Lipinski definition) is 3. The van der Waals surface area contributed by atoms with Gasteiger partial charge in [-0.3, -0.25) is 9.59 Å². The number of carbonyl (C=O) groups is 3. The number of benzene rings is 1. The van der Waals surface area contributed by atoms with Crippen LogP contribution in [0, 0.1) is 5.92 Å². The van der Waals surface area contributed by atoms with Crippen molar-refractivity contribution in [2.75, 3.05) is 19.6 Å². The molecule has 3 N–H and O–H groups in total. The van der Waals surface area contributed by atoms with Gasteiger partial charge in [-0.1, -0.05) is 30.7 Å². The molecule has 1 aromatic rings. The molecule has 8 heteroatoms. The predicted molar refractivity (Wildman–Crippen MR) is 114 cm³/mol. The van der Waals surface area contributed by atoms with E-state index < -0.39 is 6.04 Å². The highest BCUT2D eigenvalue weighted by Gasteiger charge is 2.34. The maximum Gasteiger partial charge on any atom is 0.317 e. The molecule has 160 valence electrons. The monoisotopic (exact) mass is 422 g/mol. The van der Waals surface area contributed by atoms with Gasteiger partial charge in [-0.15, -0.1) is 0 Å². The molecule has 0 radical (unpaired) electrons. The molecule has 1 heterocycles. The average molecular weight is 423 g/mol. The molecule has 1 fully saturated rings. The van der Waals surface area contributed by atoms with E-state index in [4.69, 9.17) is 11.6 Å². The van der Waals surface area contributed by atoms with Gasteiger partial charge in [0.05, 0.1) is 10.6 Å². The minimum Gasteiger partial charge on any atom is -0.352 e.